The van der Waals surface area contributed by atoms with Gasteiger partial charge in [0.15, 0.2) is 5.78 Å². The molecule has 1 fully saturated rings. The third-order valence-corrected chi connectivity index (χ3v) is 8.09. The molecule has 0 amide bonds. The summed E-state index contributed by atoms with van der Waals surface area (Å²) in [6, 6.07) is 24.9. The maximum absolute atomic E-state index is 13.5. The molecule has 0 bridgehead atoms. The standard InChI is InChI=1S/C36H44N4O/c1-8-27(4)40(34-19-12-14-25(34)2)28(5)35(29(6)41)36(38-32-16-10-9-11-17-32)39(7)24-30-20-22-31(23-21-30)33-18-13-15-26(3)37-33/h8-11,13,15-18,20-23,25,34,38H,5,12,14,19,24H2,1-4,6-7H3/b27-8+,36-35+/t25-,34+/m1/s1. The van der Waals surface area contributed by atoms with E-state index in [1.54, 1.807) is 6.92 Å². The van der Waals surface area contributed by atoms with E-state index in [-0.39, 0.29) is 5.78 Å². The van der Waals surface area contributed by atoms with Crippen LogP contribution in [-0.4, -0.2) is 33.7 Å². The Morgan fingerprint density at radius 1 is 1.02 bits per heavy atom. The van der Waals surface area contributed by atoms with Crippen molar-refractivity contribution in [2.75, 3.05) is 12.4 Å². The number of nitrogens with one attached hydrogen (secondary N) is 1. The van der Waals surface area contributed by atoms with Gasteiger partial charge in [0, 0.05) is 48.0 Å². The molecular weight excluding hydrogens is 504 g/mol. The molecule has 1 aliphatic rings. The van der Waals surface area contributed by atoms with Crippen molar-refractivity contribution in [2.45, 2.75) is 66.5 Å². The van der Waals surface area contributed by atoms with Crippen molar-refractivity contribution >= 4 is 11.5 Å². The first-order chi connectivity index (χ1) is 19.7. The van der Waals surface area contributed by atoms with E-state index in [0.717, 1.165) is 51.8 Å². The van der Waals surface area contributed by atoms with Crippen LogP contribution in [0.5, 0.6) is 0 Å². The summed E-state index contributed by atoms with van der Waals surface area (Å²) in [5.41, 5.74) is 7.58. The van der Waals surface area contributed by atoms with Crippen molar-refractivity contribution in [1.29, 1.82) is 0 Å². The van der Waals surface area contributed by atoms with Gasteiger partial charge in [-0.3, -0.25) is 9.78 Å². The Morgan fingerprint density at radius 3 is 2.32 bits per heavy atom. The third kappa shape index (κ3) is 7.15. The summed E-state index contributed by atoms with van der Waals surface area (Å²) < 4.78 is 0. The number of hydrogen-bond donors (Lipinski definition) is 1. The SMILES string of the molecule is C=C(/C(C(C)=O)=C(/Nc1ccccc1)N(C)Cc1ccc(-c2cccc(C)n2)cc1)N(/C(C)=C/C)[C@H]1CCC[C@H]1C. The van der Waals surface area contributed by atoms with Crippen LogP contribution in [0.2, 0.25) is 0 Å². The van der Waals surface area contributed by atoms with Crippen LogP contribution < -0.4 is 5.32 Å². The molecule has 3 aromatic rings. The van der Waals surface area contributed by atoms with Gasteiger partial charge in [-0.05, 0) is 76.3 Å². The Balaban J connectivity index is 1.73. The fourth-order valence-electron chi connectivity index (χ4n) is 5.79. The zero-order chi connectivity index (χ0) is 29.5. The average molecular weight is 549 g/mol. The molecule has 0 aliphatic heterocycles. The minimum Gasteiger partial charge on any atom is -0.356 e. The highest BCUT2D eigenvalue weighted by molar-refractivity contribution is 5.98. The number of allylic oxidation sites excluding steroid dienone is 3. The number of anilines is 1. The lowest BCUT2D eigenvalue weighted by Gasteiger charge is -2.38. The Labute approximate surface area is 246 Å². The van der Waals surface area contributed by atoms with E-state index in [4.69, 9.17) is 0 Å². The quantitative estimate of drug-likeness (QED) is 0.193. The predicted molar refractivity (Wildman–Crippen MR) is 171 cm³/mol. The summed E-state index contributed by atoms with van der Waals surface area (Å²) in [6.07, 6.45) is 5.59. The average Bonchev–Trinajstić information content (AvgIpc) is 3.38. The topological polar surface area (TPSA) is 48.5 Å². The number of carbonyl (C=O) groups excluding carboxylic acids is 1. The second-order valence-electron chi connectivity index (χ2n) is 11.2. The van der Waals surface area contributed by atoms with Gasteiger partial charge in [0.25, 0.3) is 0 Å². The Kier molecular flexibility index (Phi) is 9.82. The van der Waals surface area contributed by atoms with E-state index in [1.807, 2.05) is 62.5 Å². The molecule has 214 valence electrons. The molecule has 1 N–H and O–H groups in total. The van der Waals surface area contributed by atoms with Crippen LogP contribution in [0.15, 0.2) is 108 Å². The zero-order valence-corrected chi connectivity index (χ0v) is 25.4. The lowest BCUT2D eigenvalue weighted by atomic mass is 9.99. The molecule has 0 spiro atoms. The molecule has 0 unspecified atom stereocenters. The molecule has 1 heterocycles. The Bertz CT molecular complexity index is 1420. The molecule has 1 aromatic heterocycles. The number of benzene rings is 2. The van der Waals surface area contributed by atoms with E-state index < -0.39 is 0 Å². The molecule has 0 radical (unpaired) electrons. The van der Waals surface area contributed by atoms with Gasteiger partial charge < -0.3 is 15.1 Å². The Morgan fingerprint density at radius 2 is 1.73 bits per heavy atom. The van der Waals surface area contributed by atoms with E-state index in [2.05, 4.69) is 77.8 Å². The predicted octanol–water partition coefficient (Wildman–Crippen LogP) is 8.33. The largest absolute Gasteiger partial charge is 0.356 e. The van der Waals surface area contributed by atoms with E-state index in [0.29, 0.717) is 24.1 Å². The fraction of sp³-hybridized carbons (Fsp3) is 0.333. The van der Waals surface area contributed by atoms with Crippen molar-refractivity contribution in [3.05, 3.63) is 119 Å². The number of hydrogen-bond acceptors (Lipinski definition) is 5. The molecule has 2 atom stereocenters. The van der Waals surface area contributed by atoms with Crippen molar-refractivity contribution in [3.63, 3.8) is 0 Å². The molecular formula is C36H44N4O. The van der Waals surface area contributed by atoms with Crippen LogP contribution in [0, 0.1) is 12.8 Å². The first-order valence-corrected chi connectivity index (χ1v) is 14.6. The molecule has 1 aliphatic carbocycles. The van der Waals surface area contributed by atoms with Gasteiger partial charge in [0.2, 0.25) is 0 Å². The summed E-state index contributed by atoms with van der Waals surface area (Å²) >= 11 is 0. The van der Waals surface area contributed by atoms with Gasteiger partial charge in [0.05, 0.1) is 11.3 Å². The second-order valence-corrected chi connectivity index (χ2v) is 11.2. The minimum atomic E-state index is -0.0132. The van der Waals surface area contributed by atoms with E-state index in [1.165, 1.54) is 12.8 Å². The third-order valence-electron chi connectivity index (χ3n) is 8.09. The number of aromatic nitrogens is 1. The van der Waals surface area contributed by atoms with E-state index in [9.17, 15) is 4.79 Å². The van der Waals surface area contributed by atoms with Gasteiger partial charge in [-0.1, -0.05) is 74.5 Å². The van der Waals surface area contributed by atoms with Crippen LogP contribution >= 0.6 is 0 Å². The number of para-hydroxylation sites is 1. The highest BCUT2D eigenvalue weighted by Crippen LogP contribution is 2.37. The number of rotatable bonds is 11. The summed E-state index contributed by atoms with van der Waals surface area (Å²) in [4.78, 5) is 22.6. The van der Waals surface area contributed by atoms with Crippen LogP contribution in [0.4, 0.5) is 5.69 Å². The lowest BCUT2D eigenvalue weighted by molar-refractivity contribution is -0.113. The van der Waals surface area contributed by atoms with Gasteiger partial charge in [0.1, 0.15) is 5.82 Å². The first kappa shape index (κ1) is 29.9. The smallest absolute Gasteiger partial charge is 0.165 e. The highest BCUT2D eigenvalue weighted by Gasteiger charge is 2.33. The monoisotopic (exact) mass is 548 g/mol. The van der Waals surface area contributed by atoms with Gasteiger partial charge in [-0.2, -0.15) is 0 Å². The second kappa shape index (κ2) is 13.5. The summed E-state index contributed by atoms with van der Waals surface area (Å²) in [5.74, 6) is 1.26. The number of aryl methyl sites for hydroxylation is 1. The zero-order valence-electron chi connectivity index (χ0n) is 25.4. The molecule has 0 saturated heterocycles. The Hall–Kier alpha value is -4.12. The maximum Gasteiger partial charge on any atom is 0.165 e. The number of ketones is 1. The number of pyridine rings is 1. The molecule has 1 saturated carbocycles. The van der Waals surface area contributed by atoms with Crippen molar-refractivity contribution in [3.8, 4) is 11.3 Å². The highest BCUT2D eigenvalue weighted by atomic mass is 16.1. The summed E-state index contributed by atoms with van der Waals surface area (Å²) in [6.45, 7) is 15.3. The van der Waals surface area contributed by atoms with Crippen LogP contribution in [0.1, 0.15) is 58.2 Å². The molecule has 2 aromatic carbocycles. The fourth-order valence-corrected chi connectivity index (χ4v) is 5.79. The van der Waals surface area contributed by atoms with Gasteiger partial charge in [-0.25, -0.2) is 0 Å². The molecule has 4 rings (SSSR count). The van der Waals surface area contributed by atoms with Crippen molar-refractivity contribution in [1.82, 2.24) is 14.8 Å². The van der Waals surface area contributed by atoms with Crippen molar-refractivity contribution in [2.24, 2.45) is 5.92 Å². The van der Waals surface area contributed by atoms with Crippen LogP contribution in [0.3, 0.4) is 0 Å². The number of carbonyl (C=O) groups is 1. The van der Waals surface area contributed by atoms with Gasteiger partial charge >= 0.3 is 0 Å². The maximum atomic E-state index is 13.5. The summed E-state index contributed by atoms with van der Waals surface area (Å²) in [7, 11) is 2.03. The molecule has 5 heteroatoms. The molecule has 41 heavy (non-hydrogen) atoms. The van der Waals surface area contributed by atoms with Gasteiger partial charge in [-0.15, -0.1) is 0 Å². The molecule has 5 nitrogen and oxygen atoms in total. The normalized spacial score (nSPS) is 17.6. The lowest BCUT2D eigenvalue weighted by Crippen LogP contribution is -2.37. The minimum absolute atomic E-state index is 0.0132. The van der Waals surface area contributed by atoms with E-state index >= 15 is 0 Å². The van der Waals surface area contributed by atoms with Crippen LogP contribution in [0.25, 0.3) is 11.3 Å². The first-order valence-electron chi connectivity index (χ1n) is 14.6. The number of Topliss-reactive ketones (excluding diaryl/α,β-unsaturated/α-hetero) is 1. The summed E-state index contributed by atoms with van der Waals surface area (Å²) in [5, 5.41) is 3.59. The van der Waals surface area contributed by atoms with Crippen LogP contribution in [-0.2, 0) is 11.3 Å². The van der Waals surface area contributed by atoms with Crippen molar-refractivity contribution < 1.29 is 4.79 Å². The number of nitrogens with zero attached hydrogens (tertiary/aromatic N) is 3.